The molecular weight excluding hydrogens is 276 g/mol. The summed E-state index contributed by atoms with van der Waals surface area (Å²) in [5, 5.41) is 0. The summed E-state index contributed by atoms with van der Waals surface area (Å²) < 4.78 is 5.17. The van der Waals surface area contributed by atoms with Gasteiger partial charge in [0.15, 0.2) is 0 Å². The number of hydrogen-bond donors (Lipinski definition) is 2. The number of nitrogens with one attached hydrogen (secondary N) is 2. The van der Waals surface area contributed by atoms with Crippen molar-refractivity contribution in [1.82, 2.24) is 5.43 Å². The Morgan fingerprint density at radius 2 is 1.73 bits per heavy atom. The van der Waals surface area contributed by atoms with Crippen molar-refractivity contribution in [3.8, 4) is 11.1 Å². The van der Waals surface area contributed by atoms with E-state index in [-0.39, 0.29) is 0 Å². The first kappa shape index (κ1) is 15.9. The monoisotopic (exact) mass is 298 g/mol. The lowest BCUT2D eigenvalue weighted by Crippen LogP contribution is -2.35. The fourth-order valence-corrected chi connectivity index (χ4v) is 2.11. The Morgan fingerprint density at radius 1 is 1.05 bits per heavy atom. The van der Waals surface area contributed by atoms with Crippen molar-refractivity contribution in [2.75, 3.05) is 5.43 Å². The number of carbonyl (C=O) groups excluding carboxylic acids is 1. The third kappa shape index (κ3) is 4.52. The maximum atomic E-state index is 11.6. The number of carbonyl (C=O) groups is 1. The number of hydrazine groups is 1. The standard InChI is InChI=1S/C18H22N2O2/c1-13-12-15(19-20-17(21)22-18(2,3)4)10-11-16(13)14-8-6-5-7-9-14/h5-12,19H,1-4H3,(H,20,21). The van der Waals surface area contributed by atoms with Crippen molar-refractivity contribution < 1.29 is 9.53 Å². The Labute approximate surface area is 131 Å². The molecule has 0 radical (unpaired) electrons. The molecule has 0 aliphatic carbocycles. The molecule has 4 nitrogen and oxygen atoms in total. The molecule has 2 aromatic rings. The van der Waals surface area contributed by atoms with Gasteiger partial charge in [-0.05, 0) is 56.5 Å². The van der Waals surface area contributed by atoms with E-state index in [4.69, 9.17) is 4.74 Å². The van der Waals surface area contributed by atoms with Gasteiger partial charge in [-0.1, -0.05) is 36.4 Å². The van der Waals surface area contributed by atoms with Crippen LogP contribution in [0.4, 0.5) is 10.5 Å². The van der Waals surface area contributed by atoms with Gasteiger partial charge in [0.1, 0.15) is 5.60 Å². The van der Waals surface area contributed by atoms with Crippen LogP contribution in [-0.4, -0.2) is 11.7 Å². The quantitative estimate of drug-likeness (QED) is 0.819. The zero-order valence-electron chi connectivity index (χ0n) is 13.4. The molecule has 0 unspecified atom stereocenters. The molecule has 116 valence electrons. The zero-order valence-corrected chi connectivity index (χ0v) is 13.4. The number of aryl methyl sites for hydroxylation is 1. The van der Waals surface area contributed by atoms with Crippen LogP contribution in [0.3, 0.4) is 0 Å². The SMILES string of the molecule is Cc1cc(NNC(=O)OC(C)(C)C)ccc1-c1ccccc1. The minimum Gasteiger partial charge on any atom is -0.443 e. The Bertz CT molecular complexity index is 646. The summed E-state index contributed by atoms with van der Waals surface area (Å²) in [6, 6.07) is 16.1. The van der Waals surface area contributed by atoms with Crippen LogP contribution in [0, 0.1) is 6.92 Å². The Hall–Kier alpha value is -2.49. The van der Waals surface area contributed by atoms with E-state index in [9.17, 15) is 4.79 Å². The Kier molecular flexibility index (Phi) is 4.71. The molecule has 0 bridgehead atoms. The zero-order chi connectivity index (χ0) is 16.2. The lowest BCUT2D eigenvalue weighted by molar-refractivity contribution is 0.0541. The molecule has 0 spiro atoms. The van der Waals surface area contributed by atoms with E-state index < -0.39 is 11.7 Å². The van der Waals surface area contributed by atoms with Crippen molar-refractivity contribution in [3.05, 3.63) is 54.1 Å². The van der Waals surface area contributed by atoms with Crippen molar-refractivity contribution in [2.45, 2.75) is 33.3 Å². The molecule has 22 heavy (non-hydrogen) atoms. The summed E-state index contributed by atoms with van der Waals surface area (Å²) in [5.41, 5.74) is 9.16. The van der Waals surface area contributed by atoms with Gasteiger partial charge >= 0.3 is 6.09 Å². The van der Waals surface area contributed by atoms with Gasteiger partial charge in [-0.3, -0.25) is 5.43 Å². The van der Waals surface area contributed by atoms with Gasteiger partial charge in [0, 0.05) is 0 Å². The second-order valence-electron chi connectivity index (χ2n) is 6.15. The maximum absolute atomic E-state index is 11.6. The molecule has 0 heterocycles. The third-order valence-electron chi connectivity index (χ3n) is 3.02. The summed E-state index contributed by atoms with van der Waals surface area (Å²) in [4.78, 5) is 11.6. The van der Waals surface area contributed by atoms with Crippen LogP contribution in [0.1, 0.15) is 26.3 Å². The van der Waals surface area contributed by atoms with Crippen LogP contribution in [0.2, 0.25) is 0 Å². The highest BCUT2D eigenvalue weighted by molar-refractivity contribution is 5.72. The van der Waals surface area contributed by atoms with Crippen molar-refractivity contribution >= 4 is 11.8 Å². The van der Waals surface area contributed by atoms with Crippen LogP contribution in [0.15, 0.2) is 48.5 Å². The van der Waals surface area contributed by atoms with Gasteiger partial charge in [0.2, 0.25) is 0 Å². The number of benzene rings is 2. The number of rotatable bonds is 3. The van der Waals surface area contributed by atoms with Gasteiger partial charge in [0.05, 0.1) is 5.69 Å². The van der Waals surface area contributed by atoms with Crippen LogP contribution < -0.4 is 10.9 Å². The summed E-state index contributed by atoms with van der Waals surface area (Å²) in [5.74, 6) is 0. The number of hydrogen-bond acceptors (Lipinski definition) is 3. The fraction of sp³-hybridized carbons (Fsp3) is 0.278. The largest absolute Gasteiger partial charge is 0.443 e. The molecule has 4 heteroatoms. The smallest absolute Gasteiger partial charge is 0.426 e. The Balaban J connectivity index is 2.03. The number of ether oxygens (including phenoxy) is 1. The van der Waals surface area contributed by atoms with Crippen molar-refractivity contribution in [2.24, 2.45) is 0 Å². The minimum absolute atomic E-state index is 0.503. The first-order chi connectivity index (χ1) is 10.3. The molecular formula is C18H22N2O2. The first-order valence-corrected chi connectivity index (χ1v) is 7.26. The molecule has 0 fully saturated rings. The van der Waals surface area contributed by atoms with E-state index in [1.54, 1.807) is 0 Å². The highest BCUT2D eigenvalue weighted by Crippen LogP contribution is 2.25. The van der Waals surface area contributed by atoms with Crippen LogP contribution in [0.5, 0.6) is 0 Å². The third-order valence-corrected chi connectivity index (χ3v) is 3.02. The van der Waals surface area contributed by atoms with Crippen LogP contribution in [-0.2, 0) is 4.74 Å². The molecule has 0 atom stereocenters. The van der Waals surface area contributed by atoms with E-state index in [0.29, 0.717) is 0 Å². The summed E-state index contributed by atoms with van der Waals surface area (Å²) in [7, 11) is 0. The molecule has 0 aliphatic heterocycles. The second-order valence-corrected chi connectivity index (χ2v) is 6.15. The molecule has 0 saturated heterocycles. The van der Waals surface area contributed by atoms with Crippen LogP contribution in [0.25, 0.3) is 11.1 Å². The van der Waals surface area contributed by atoms with E-state index in [1.807, 2.05) is 64.1 Å². The molecule has 2 rings (SSSR count). The second kappa shape index (κ2) is 6.52. The van der Waals surface area contributed by atoms with Gasteiger partial charge < -0.3 is 4.74 Å². The van der Waals surface area contributed by atoms with E-state index in [2.05, 4.69) is 23.0 Å². The molecule has 0 aliphatic rings. The number of anilines is 1. The highest BCUT2D eigenvalue weighted by atomic mass is 16.6. The fourth-order valence-electron chi connectivity index (χ4n) is 2.11. The molecule has 2 N–H and O–H groups in total. The lowest BCUT2D eigenvalue weighted by atomic mass is 10.0. The van der Waals surface area contributed by atoms with E-state index in [0.717, 1.165) is 11.3 Å². The van der Waals surface area contributed by atoms with Gasteiger partial charge in [-0.2, -0.15) is 0 Å². The average molecular weight is 298 g/mol. The van der Waals surface area contributed by atoms with Gasteiger partial charge in [-0.15, -0.1) is 0 Å². The molecule has 2 aromatic carbocycles. The topological polar surface area (TPSA) is 50.4 Å². The van der Waals surface area contributed by atoms with E-state index in [1.165, 1.54) is 11.1 Å². The summed E-state index contributed by atoms with van der Waals surface area (Å²) in [6.07, 6.45) is -0.503. The van der Waals surface area contributed by atoms with Crippen molar-refractivity contribution in [1.29, 1.82) is 0 Å². The van der Waals surface area contributed by atoms with Crippen molar-refractivity contribution in [3.63, 3.8) is 0 Å². The Morgan fingerprint density at radius 3 is 2.32 bits per heavy atom. The van der Waals surface area contributed by atoms with Crippen LogP contribution >= 0.6 is 0 Å². The summed E-state index contributed by atoms with van der Waals surface area (Å²) >= 11 is 0. The molecule has 1 amide bonds. The minimum atomic E-state index is -0.515. The first-order valence-electron chi connectivity index (χ1n) is 7.26. The summed E-state index contributed by atoms with van der Waals surface area (Å²) in [6.45, 7) is 7.52. The highest BCUT2D eigenvalue weighted by Gasteiger charge is 2.15. The lowest BCUT2D eigenvalue weighted by Gasteiger charge is -2.20. The van der Waals surface area contributed by atoms with Gasteiger partial charge in [0.25, 0.3) is 0 Å². The molecule has 0 aromatic heterocycles. The predicted molar refractivity (Wildman–Crippen MR) is 89.6 cm³/mol. The van der Waals surface area contributed by atoms with E-state index >= 15 is 0 Å². The number of amides is 1. The van der Waals surface area contributed by atoms with Gasteiger partial charge in [-0.25, -0.2) is 10.2 Å². The average Bonchev–Trinajstić information content (AvgIpc) is 2.44. The molecule has 0 saturated carbocycles. The predicted octanol–water partition coefficient (Wildman–Crippen LogP) is 4.51. The normalized spacial score (nSPS) is 10.9. The maximum Gasteiger partial charge on any atom is 0.426 e.